The smallest absolute Gasteiger partial charge is 0.271 e. The second kappa shape index (κ2) is 10.6. The highest BCUT2D eigenvalue weighted by atomic mass is 35.5. The van der Waals surface area contributed by atoms with Crippen LogP contribution < -0.4 is 29.1 Å². The molecule has 3 aliphatic rings. The van der Waals surface area contributed by atoms with Crippen LogP contribution in [0.4, 0.5) is 0 Å². The zero-order valence-electron chi connectivity index (χ0n) is 23.0. The third-order valence-electron chi connectivity index (χ3n) is 8.09. The molecule has 4 aromatic carbocycles. The fourth-order valence-electron chi connectivity index (χ4n) is 6.00. The van der Waals surface area contributed by atoms with Crippen molar-refractivity contribution in [3.63, 3.8) is 0 Å². The third kappa shape index (κ3) is 4.65. The molecule has 5 aromatic rings. The van der Waals surface area contributed by atoms with Crippen LogP contribution in [0.3, 0.4) is 0 Å². The van der Waals surface area contributed by atoms with Gasteiger partial charge in [-0.15, -0.1) is 0 Å². The summed E-state index contributed by atoms with van der Waals surface area (Å²) in [6, 6.07) is 29.4. The van der Waals surface area contributed by atoms with Gasteiger partial charge in [-0.2, -0.15) is 0 Å². The highest BCUT2D eigenvalue weighted by Crippen LogP contribution is 2.42. The summed E-state index contributed by atoms with van der Waals surface area (Å²) in [5.41, 5.74) is 7.26. The van der Waals surface area contributed by atoms with Crippen molar-refractivity contribution in [1.29, 1.82) is 0 Å². The van der Waals surface area contributed by atoms with Crippen molar-refractivity contribution in [3.8, 4) is 17.2 Å². The standard InChI is InChI=1S/C35H25ClN2O4S/c36-28-8-4-3-7-26(28)33-27-15-12-23-5-1-2-6-25(23)32(27)37-35-38(33)34(39)31(43-35)18-21-9-13-24(14-10-21)40-19-22-11-16-29-30(17-22)42-20-41-29/h1-11,13-14,16-18,33H,12,15,19-20H2/t33-/m1/s1. The maximum atomic E-state index is 14.0. The largest absolute Gasteiger partial charge is 0.489 e. The van der Waals surface area contributed by atoms with Gasteiger partial charge < -0.3 is 14.2 Å². The maximum Gasteiger partial charge on any atom is 0.271 e. The number of ether oxygens (including phenoxy) is 3. The Labute approximate surface area is 256 Å². The first-order chi connectivity index (χ1) is 21.1. The predicted molar refractivity (Wildman–Crippen MR) is 168 cm³/mol. The summed E-state index contributed by atoms with van der Waals surface area (Å²) in [7, 11) is 0. The van der Waals surface area contributed by atoms with Gasteiger partial charge in [-0.3, -0.25) is 9.36 Å². The van der Waals surface area contributed by atoms with Crippen LogP contribution in [-0.2, 0) is 13.0 Å². The molecule has 0 bridgehead atoms. The van der Waals surface area contributed by atoms with Crippen LogP contribution in [-0.4, -0.2) is 11.4 Å². The molecule has 0 spiro atoms. The van der Waals surface area contributed by atoms with Gasteiger partial charge in [0.25, 0.3) is 5.56 Å². The minimum atomic E-state index is -0.303. The number of halogens is 1. The molecule has 0 unspecified atom stereocenters. The molecule has 0 amide bonds. The number of hydrogen-bond donors (Lipinski definition) is 0. The summed E-state index contributed by atoms with van der Waals surface area (Å²) in [5.74, 6) is 2.22. The molecule has 0 saturated carbocycles. The van der Waals surface area contributed by atoms with Crippen molar-refractivity contribution < 1.29 is 14.2 Å². The molecular formula is C35H25ClN2O4S. The minimum absolute atomic E-state index is 0.0674. The molecular weight excluding hydrogens is 580 g/mol. The van der Waals surface area contributed by atoms with E-state index < -0.39 is 0 Å². The van der Waals surface area contributed by atoms with E-state index in [4.69, 9.17) is 30.8 Å². The van der Waals surface area contributed by atoms with Gasteiger partial charge in [0, 0.05) is 10.6 Å². The van der Waals surface area contributed by atoms with Crippen molar-refractivity contribution in [2.45, 2.75) is 25.5 Å². The number of nitrogens with zero attached hydrogens (tertiary/aromatic N) is 2. The number of rotatable bonds is 5. The van der Waals surface area contributed by atoms with E-state index in [-0.39, 0.29) is 18.4 Å². The summed E-state index contributed by atoms with van der Waals surface area (Å²) >= 11 is 8.16. The number of aryl methyl sites for hydroxylation is 1. The van der Waals surface area contributed by atoms with Gasteiger partial charge in [0.2, 0.25) is 6.79 Å². The highest BCUT2D eigenvalue weighted by molar-refractivity contribution is 7.07. The lowest BCUT2D eigenvalue weighted by molar-refractivity contribution is 0.174. The molecule has 1 aromatic heterocycles. The summed E-state index contributed by atoms with van der Waals surface area (Å²) < 4.78 is 19.3. The average molecular weight is 605 g/mol. The van der Waals surface area contributed by atoms with E-state index >= 15 is 0 Å². The van der Waals surface area contributed by atoms with Crippen LogP contribution in [0.5, 0.6) is 17.2 Å². The van der Waals surface area contributed by atoms with Crippen LogP contribution in [0.25, 0.3) is 11.8 Å². The molecule has 0 saturated heterocycles. The Morgan fingerprint density at radius 3 is 2.65 bits per heavy atom. The Bertz CT molecular complexity index is 2110. The molecule has 212 valence electrons. The van der Waals surface area contributed by atoms with E-state index in [0.29, 0.717) is 21.0 Å². The van der Waals surface area contributed by atoms with Crippen molar-refractivity contribution >= 4 is 34.7 Å². The first kappa shape index (κ1) is 26.1. The van der Waals surface area contributed by atoms with Crippen molar-refractivity contribution in [1.82, 2.24) is 4.57 Å². The number of aromatic nitrogens is 1. The number of benzene rings is 4. The number of thiazole rings is 1. The van der Waals surface area contributed by atoms with Crippen LogP contribution in [0.1, 0.15) is 40.3 Å². The molecule has 6 nitrogen and oxygen atoms in total. The summed E-state index contributed by atoms with van der Waals surface area (Å²) in [6.45, 7) is 0.653. The van der Waals surface area contributed by atoms with Gasteiger partial charge in [0.05, 0.1) is 16.3 Å². The second-order valence-corrected chi connectivity index (χ2v) is 12.1. The number of fused-ring (bicyclic) bond motifs is 4. The summed E-state index contributed by atoms with van der Waals surface area (Å²) in [4.78, 5) is 19.8. The lowest BCUT2D eigenvalue weighted by Crippen LogP contribution is -2.38. The number of allylic oxidation sites excluding steroid dienone is 1. The van der Waals surface area contributed by atoms with Gasteiger partial charge in [0.1, 0.15) is 12.4 Å². The zero-order chi connectivity index (χ0) is 28.9. The van der Waals surface area contributed by atoms with Gasteiger partial charge >= 0.3 is 0 Å². The Morgan fingerprint density at radius 1 is 0.953 bits per heavy atom. The van der Waals surface area contributed by atoms with E-state index in [0.717, 1.165) is 63.6 Å². The first-order valence-corrected chi connectivity index (χ1v) is 15.3. The Balaban J connectivity index is 1.14. The van der Waals surface area contributed by atoms with Crippen LogP contribution in [0, 0.1) is 0 Å². The highest BCUT2D eigenvalue weighted by Gasteiger charge is 2.33. The molecule has 3 heterocycles. The molecule has 8 heteroatoms. The predicted octanol–water partition coefficient (Wildman–Crippen LogP) is 6.28. The molecule has 0 N–H and O–H groups in total. The fourth-order valence-corrected chi connectivity index (χ4v) is 7.24. The van der Waals surface area contributed by atoms with Crippen LogP contribution in [0.15, 0.2) is 106 Å². The average Bonchev–Trinajstić information content (AvgIpc) is 3.63. The molecule has 0 radical (unpaired) electrons. The minimum Gasteiger partial charge on any atom is -0.489 e. The van der Waals surface area contributed by atoms with Gasteiger partial charge in [-0.25, -0.2) is 4.99 Å². The summed E-state index contributed by atoms with van der Waals surface area (Å²) in [5, 5.41) is 0.644. The van der Waals surface area contributed by atoms with E-state index in [9.17, 15) is 4.79 Å². The molecule has 43 heavy (non-hydrogen) atoms. The van der Waals surface area contributed by atoms with Gasteiger partial charge in [-0.05, 0) is 77.1 Å². The third-order valence-corrected chi connectivity index (χ3v) is 9.42. The maximum absolute atomic E-state index is 14.0. The molecule has 1 atom stereocenters. The van der Waals surface area contributed by atoms with E-state index in [1.54, 1.807) is 0 Å². The molecule has 1 aliphatic carbocycles. The Kier molecular flexibility index (Phi) is 6.42. The molecule has 2 aliphatic heterocycles. The van der Waals surface area contributed by atoms with Crippen molar-refractivity contribution in [3.05, 3.63) is 149 Å². The SMILES string of the molecule is O=c1c(=Cc2ccc(OCc3ccc4c(c3)OCO4)cc2)sc2n1[C@H](c1ccccc1Cl)C1=C(N=2)c2ccccc2CC1. The quantitative estimate of drug-likeness (QED) is 0.237. The topological polar surface area (TPSA) is 62.1 Å². The van der Waals surface area contributed by atoms with Crippen LogP contribution in [0.2, 0.25) is 5.02 Å². The zero-order valence-corrected chi connectivity index (χ0v) is 24.5. The number of hydrogen-bond acceptors (Lipinski definition) is 6. The Morgan fingerprint density at radius 2 is 1.77 bits per heavy atom. The van der Waals surface area contributed by atoms with Gasteiger partial charge in [0.15, 0.2) is 16.3 Å². The monoisotopic (exact) mass is 604 g/mol. The normalized spacial score (nSPS) is 16.8. The van der Waals surface area contributed by atoms with E-state index in [1.165, 1.54) is 16.9 Å². The first-order valence-electron chi connectivity index (χ1n) is 14.1. The van der Waals surface area contributed by atoms with E-state index in [2.05, 4.69) is 18.2 Å². The van der Waals surface area contributed by atoms with Crippen LogP contribution >= 0.6 is 22.9 Å². The molecule has 0 fully saturated rings. The molecule has 8 rings (SSSR count). The fraction of sp³-hybridized carbons (Fsp3) is 0.143. The lowest BCUT2D eigenvalue weighted by Gasteiger charge is -2.31. The van der Waals surface area contributed by atoms with Gasteiger partial charge in [-0.1, -0.05) is 83.6 Å². The summed E-state index contributed by atoms with van der Waals surface area (Å²) in [6.07, 6.45) is 3.65. The second-order valence-electron chi connectivity index (χ2n) is 10.7. The Hall–Kier alpha value is -4.59. The van der Waals surface area contributed by atoms with Crippen molar-refractivity contribution in [2.75, 3.05) is 6.79 Å². The van der Waals surface area contributed by atoms with E-state index in [1.807, 2.05) is 83.4 Å². The van der Waals surface area contributed by atoms with Crippen molar-refractivity contribution in [2.24, 2.45) is 4.99 Å². The lowest BCUT2D eigenvalue weighted by atomic mass is 9.83.